The van der Waals surface area contributed by atoms with Crippen LogP contribution in [0, 0.1) is 0 Å². The van der Waals surface area contributed by atoms with Crippen LogP contribution in [0.5, 0.6) is 0 Å². The summed E-state index contributed by atoms with van der Waals surface area (Å²) in [5.74, 6) is 0. The quantitative estimate of drug-likeness (QED) is 0.0951. The molecule has 19 aromatic carbocycles. The molecule has 116 heavy (non-hydrogen) atoms. The number of hydrogen-bond donors (Lipinski definition) is 0. The minimum atomic E-state index is 1.10. The van der Waals surface area contributed by atoms with Crippen LogP contribution in [0.3, 0.4) is 0 Å². The molecule has 2 heterocycles. The smallest absolute Gasteiger partial charge is 0.0462 e. The first kappa shape index (κ1) is 70.6. The number of anilines is 6. The molecule has 2 nitrogen and oxygen atoms in total. The Morgan fingerprint density at radius 2 is 0.293 bits per heavy atom. The third kappa shape index (κ3) is 14.0. The van der Waals surface area contributed by atoms with E-state index in [4.69, 9.17) is 0 Å². The molecule has 21 rings (SSSR count). The second-order valence-electron chi connectivity index (χ2n) is 29.4. The number of thiophene rings is 2. The Labute approximate surface area is 685 Å². The summed E-state index contributed by atoms with van der Waals surface area (Å²) in [5, 5.41) is 7.77. The molecule has 0 aliphatic rings. The standard InChI is InChI=1S/C58H39NS.C54H37NS/c1-3-12-40(13-4-1)42-28-34-48(35-29-42)59(50-38-32-46(33-39-50)52-19-9-17-44-16-7-8-18-51(44)52)49-36-30-43(31-37-49)41-24-26-47(27-25-41)54-21-11-23-56-55-22-10-20-53(57(55)60-58(54)56)45-14-5-2-6-15-45;1-4-12-38(13-5-1)41-26-32-46(33-27-41)55(47-34-28-42(29-35-47)39-14-6-2-7-15-39)48-36-30-43(31-37-48)40-22-24-45(25-23-40)50-19-11-21-52-51-20-10-18-49(53(51)56-54(50)52)44-16-8-3-9-17-44/h1-39H;1-37H. The van der Waals surface area contributed by atoms with Crippen LogP contribution >= 0.6 is 22.7 Å². The van der Waals surface area contributed by atoms with Gasteiger partial charge in [-0.2, -0.15) is 0 Å². The number of hydrogen-bond acceptors (Lipinski definition) is 4. The van der Waals surface area contributed by atoms with Gasteiger partial charge in [-0.3, -0.25) is 0 Å². The van der Waals surface area contributed by atoms with Gasteiger partial charge in [0.2, 0.25) is 0 Å². The van der Waals surface area contributed by atoms with Gasteiger partial charge in [0.25, 0.3) is 0 Å². The average Bonchev–Trinajstić information content (AvgIpc) is 1.62. The number of nitrogens with zero attached hydrogens (tertiary/aromatic N) is 2. The Hall–Kier alpha value is -14.5. The van der Waals surface area contributed by atoms with E-state index in [1.807, 2.05) is 22.7 Å². The lowest BCUT2D eigenvalue weighted by molar-refractivity contribution is 1.28. The highest BCUT2D eigenvalue weighted by molar-refractivity contribution is 7.27. The summed E-state index contributed by atoms with van der Waals surface area (Å²) in [7, 11) is 0. The van der Waals surface area contributed by atoms with Crippen molar-refractivity contribution in [2.24, 2.45) is 0 Å². The van der Waals surface area contributed by atoms with Crippen LogP contribution in [0.15, 0.2) is 461 Å². The summed E-state index contributed by atoms with van der Waals surface area (Å²) in [4.78, 5) is 4.69. The van der Waals surface area contributed by atoms with E-state index >= 15 is 0 Å². The molecule has 0 atom stereocenters. The lowest BCUT2D eigenvalue weighted by Crippen LogP contribution is -2.09. The SMILES string of the molecule is c1ccc(-c2ccc(N(c3ccc(-c4ccc(-c5cccc6c5sc5c(-c7ccccc7)cccc56)cc4)cc3)c3ccc(-c4cccc5ccccc45)cc3)cc2)cc1.c1ccc(-c2ccc(N(c3ccc(-c4ccccc4)cc3)c3ccc(-c4ccc(-c5cccc6c5sc5c(-c7ccccc7)cccc56)cc4)cc3)cc2)cc1. The molecule has 0 unspecified atom stereocenters. The molecule has 0 fully saturated rings. The van der Waals surface area contributed by atoms with Crippen molar-refractivity contribution in [1.29, 1.82) is 0 Å². The van der Waals surface area contributed by atoms with Crippen LogP contribution in [0.4, 0.5) is 34.1 Å². The molecular weight excluding hydrogens is 1440 g/mol. The van der Waals surface area contributed by atoms with E-state index in [0.717, 1.165) is 34.1 Å². The van der Waals surface area contributed by atoms with Crippen LogP contribution in [-0.2, 0) is 0 Å². The number of fused-ring (bicyclic) bond motifs is 7. The molecule has 0 radical (unpaired) electrons. The van der Waals surface area contributed by atoms with Gasteiger partial charge < -0.3 is 9.80 Å². The average molecular weight is 1510 g/mol. The molecule has 0 bridgehead atoms. The molecule has 0 aliphatic heterocycles. The first-order chi connectivity index (χ1) is 57.5. The molecule has 0 saturated heterocycles. The Balaban J connectivity index is 0.000000150. The van der Waals surface area contributed by atoms with Crippen molar-refractivity contribution in [3.63, 3.8) is 0 Å². The predicted octanol–water partition coefficient (Wildman–Crippen LogP) is 32.9. The van der Waals surface area contributed by atoms with Gasteiger partial charge in [0.1, 0.15) is 0 Å². The normalized spacial score (nSPS) is 11.3. The minimum absolute atomic E-state index is 1.10. The van der Waals surface area contributed by atoms with E-state index in [0.29, 0.717) is 0 Å². The van der Waals surface area contributed by atoms with Gasteiger partial charge >= 0.3 is 0 Å². The summed E-state index contributed by atoms with van der Waals surface area (Å²) >= 11 is 3.80. The fraction of sp³-hybridized carbons (Fsp3) is 0. The summed E-state index contributed by atoms with van der Waals surface area (Å²) in [6.45, 7) is 0. The van der Waals surface area contributed by atoms with Crippen LogP contribution < -0.4 is 9.80 Å². The fourth-order valence-corrected chi connectivity index (χ4v) is 19.3. The van der Waals surface area contributed by atoms with Crippen molar-refractivity contribution in [3.05, 3.63) is 461 Å². The maximum absolute atomic E-state index is 2.35. The highest BCUT2D eigenvalue weighted by atomic mass is 32.1. The van der Waals surface area contributed by atoms with Crippen LogP contribution in [-0.4, -0.2) is 0 Å². The number of rotatable bonds is 16. The van der Waals surface area contributed by atoms with Crippen molar-refractivity contribution in [2.75, 3.05) is 9.80 Å². The molecular formula is C112H76N2S2. The van der Waals surface area contributed by atoms with Gasteiger partial charge in [0.15, 0.2) is 0 Å². The van der Waals surface area contributed by atoms with Gasteiger partial charge in [0.05, 0.1) is 0 Å². The van der Waals surface area contributed by atoms with Gasteiger partial charge in [-0.25, -0.2) is 0 Å². The first-order valence-electron chi connectivity index (χ1n) is 39.6. The summed E-state index contributed by atoms with van der Waals surface area (Å²) < 4.78 is 5.34. The molecule has 4 heteroatoms. The van der Waals surface area contributed by atoms with Gasteiger partial charge in [0, 0.05) is 74.5 Å². The molecule has 2 aromatic heterocycles. The minimum Gasteiger partial charge on any atom is -0.311 e. The highest BCUT2D eigenvalue weighted by Gasteiger charge is 2.21. The van der Waals surface area contributed by atoms with E-state index < -0.39 is 0 Å². The third-order valence-corrected chi connectivity index (χ3v) is 25.0. The van der Waals surface area contributed by atoms with Crippen molar-refractivity contribution in [2.45, 2.75) is 0 Å². The van der Waals surface area contributed by atoms with Gasteiger partial charge in [-0.05, 0) is 195 Å². The Bertz CT molecular complexity index is 6920. The van der Waals surface area contributed by atoms with E-state index in [1.165, 1.54) is 162 Å². The zero-order valence-electron chi connectivity index (χ0n) is 63.6. The fourth-order valence-electron chi connectivity index (χ4n) is 16.5. The van der Waals surface area contributed by atoms with Gasteiger partial charge in [-0.1, -0.05) is 388 Å². The zero-order valence-corrected chi connectivity index (χ0v) is 65.2. The second-order valence-corrected chi connectivity index (χ2v) is 31.4. The van der Waals surface area contributed by atoms with E-state index in [9.17, 15) is 0 Å². The largest absolute Gasteiger partial charge is 0.311 e. The Kier molecular flexibility index (Phi) is 19.2. The van der Waals surface area contributed by atoms with Crippen LogP contribution in [0.1, 0.15) is 0 Å². The Morgan fingerprint density at radius 1 is 0.121 bits per heavy atom. The second kappa shape index (κ2) is 31.6. The van der Waals surface area contributed by atoms with Crippen molar-refractivity contribution in [1.82, 2.24) is 0 Å². The summed E-state index contributed by atoms with van der Waals surface area (Å²) in [6.07, 6.45) is 0. The highest BCUT2D eigenvalue weighted by Crippen LogP contribution is 2.48. The zero-order chi connectivity index (χ0) is 77.1. The molecule has 0 saturated carbocycles. The maximum Gasteiger partial charge on any atom is 0.0462 e. The molecule has 21 aromatic rings. The van der Waals surface area contributed by atoms with Crippen molar-refractivity contribution in [3.8, 4) is 111 Å². The van der Waals surface area contributed by atoms with Crippen LogP contribution in [0.25, 0.3) is 162 Å². The first-order valence-corrected chi connectivity index (χ1v) is 41.2. The lowest BCUT2D eigenvalue weighted by Gasteiger charge is -2.26. The van der Waals surface area contributed by atoms with E-state index in [1.54, 1.807) is 0 Å². The van der Waals surface area contributed by atoms with Gasteiger partial charge in [-0.15, -0.1) is 22.7 Å². The summed E-state index contributed by atoms with van der Waals surface area (Å²) in [6, 6.07) is 167. The lowest BCUT2D eigenvalue weighted by atomic mass is 9.97. The molecule has 546 valence electrons. The van der Waals surface area contributed by atoms with Crippen molar-refractivity contribution < 1.29 is 0 Å². The van der Waals surface area contributed by atoms with Crippen LogP contribution in [0.2, 0.25) is 0 Å². The summed E-state index contributed by atoms with van der Waals surface area (Å²) in [5.41, 5.74) is 31.2. The molecule has 0 amide bonds. The monoisotopic (exact) mass is 1510 g/mol. The van der Waals surface area contributed by atoms with E-state index in [2.05, 4.69) is 471 Å². The molecule has 0 spiro atoms. The number of benzene rings is 19. The van der Waals surface area contributed by atoms with Crippen molar-refractivity contribution >= 4 is 108 Å². The Morgan fingerprint density at radius 3 is 0.578 bits per heavy atom. The topological polar surface area (TPSA) is 6.48 Å². The molecule has 0 N–H and O–H groups in total. The molecule has 0 aliphatic carbocycles. The predicted molar refractivity (Wildman–Crippen MR) is 500 cm³/mol. The third-order valence-electron chi connectivity index (χ3n) is 22.5. The maximum atomic E-state index is 2.35. The van der Waals surface area contributed by atoms with E-state index in [-0.39, 0.29) is 0 Å².